The smallest absolute Gasteiger partial charge is 0.262 e. The minimum absolute atomic E-state index is 0.0522. The first-order valence-corrected chi connectivity index (χ1v) is 11.5. The molecule has 0 fully saturated rings. The predicted octanol–water partition coefficient (Wildman–Crippen LogP) is 3.52. The monoisotopic (exact) mass is 544 g/mol. The molecule has 0 unspecified atom stereocenters. The summed E-state index contributed by atoms with van der Waals surface area (Å²) in [5.41, 5.74) is -1.50. The SMILES string of the molecule is CCOc1c(Cl)cc(C(c2c(O)n(C)c(=S)n(C)c2=O)c2c(O)n(C)c(=S)n(C)c2=O)cc1Cl. The number of nitrogens with zero attached hydrogens (tertiary/aromatic N) is 4. The van der Waals surface area contributed by atoms with Gasteiger partial charge in [-0.25, -0.2) is 0 Å². The van der Waals surface area contributed by atoms with E-state index in [2.05, 4.69) is 0 Å². The molecule has 1 aromatic carbocycles. The molecule has 2 aromatic heterocycles. The fourth-order valence-electron chi connectivity index (χ4n) is 3.73. The molecule has 0 bridgehead atoms. The Balaban J connectivity index is 2.58. The van der Waals surface area contributed by atoms with Gasteiger partial charge in [-0.1, -0.05) is 23.2 Å². The van der Waals surface area contributed by atoms with Crippen molar-refractivity contribution >= 4 is 47.6 Å². The molecule has 2 heterocycles. The van der Waals surface area contributed by atoms with Crippen LogP contribution in [0.2, 0.25) is 10.0 Å². The summed E-state index contributed by atoms with van der Waals surface area (Å²) in [7, 11) is 5.82. The van der Waals surface area contributed by atoms with Crippen molar-refractivity contribution in [1.29, 1.82) is 0 Å². The summed E-state index contributed by atoms with van der Waals surface area (Å²) < 4.78 is 10.3. The van der Waals surface area contributed by atoms with Crippen LogP contribution in [0.3, 0.4) is 0 Å². The highest BCUT2D eigenvalue weighted by molar-refractivity contribution is 7.71. The molecular weight excluding hydrogens is 523 g/mol. The normalized spacial score (nSPS) is 11.3. The standard InChI is InChI=1S/C21H22Cl2N4O5S2/c1-6-32-15-10(22)7-9(8-11(15)23)12(13-16(28)24(2)20(33)25(3)17(13)29)14-18(30)26(4)21(34)27(5)19(14)31/h7-8,12,28,30H,6H2,1-5H3. The number of aromatic nitrogens is 4. The molecule has 0 saturated heterocycles. The van der Waals surface area contributed by atoms with Gasteiger partial charge in [0.15, 0.2) is 15.3 Å². The van der Waals surface area contributed by atoms with E-state index in [1.54, 1.807) is 6.92 Å². The summed E-state index contributed by atoms with van der Waals surface area (Å²) in [5, 5.41) is 22.2. The van der Waals surface area contributed by atoms with Gasteiger partial charge in [-0.3, -0.25) is 27.9 Å². The highest BCUT2D eigenvalue weighted by Crippen LogP contribution is 2.42. The van der Waals surface area contributed by atoms with E-state index in [-0.39, 0.29) is 42.0 Å². The summed E-state index contributed by atoms with van der Waals surface area (Å²) in [4.78, 5) is 26.7. The van der Waals surface area contributed by atoms with E-state index in [4.69, 9.17) is 52.4 Å². The third kappa shape index (κ3) is 4.06. The third-order valence-corrected chi connectivity index (χ3v) is 7.21. The van der Waals surface area contributed by atoms with Gasteiger partial charge < -0.3 is 14.9 Å². The molecule has 9 nitrogen and oxygen atoms in total. The maximum Gasteiger partial charge on any atom is 0.262 e. The Morgan fingerprint density at radius 3 is 1.59 bits per heavy atom. The van der Waals surface area contributed by atoms with Crippen LogP contribution in [0.4, 0.5) is 0 Å². The summed E-state index contributed by atoms with van der Waals surface area (Å²) in [5.74, 6) is -2.02. The lowest BCUT2D eigenvalue weighted by Crippen LogP contribution is -2.33. The number of rotatable bonds is 5. The van der Waals surface area contributed by atoms with Crippen molar-refractivity contribution in [2.45, 2.75) is 12.8 Å². The first-order valence-electron chi connectivity index (χ1n) is 9.94. The molecule has 0 aliphatic rings. The van der Waals surface area contributed by atoms with E-state index >= 15 is 0 Å². The zero-order valence-electron chi connectivity index (χ0n) is 18.9. The molecule has 0 amide bonds. The van der Waals surface area contributed by atoms with Crippen LogP contribution in [0.15, 0.2) is 21.7 Å². The first kappa shape index (κ1) is 26.0. The molecule has 0 radical (unpaired) electrons. The second-order valence-electron chi connectivity index (χ2n) is 7.57. The van der Waals surface area contributed by atoms with Gasteiger partial charge in [-0.15, -0.1) is 0 Å². The van der Waals surface area contributed by atoms with Gasteiger partial charge in [-0.05, 0) is 49.1 Å². The lowest BCUT2D eigenvalue weighted by atomic mass is 9.86. The number of hydrogen-bond donors (Lipinski definition) is 2. The van der Waals surface area contributed by atoms with Crippen LogP contribution in [0, 0.1) is 9.54 Å². The van der Waals surface area contributed by atoms with Gasteiger partial charge in [-0.2, -0.15) is 0 Å². The van der Waals surface area contributed by atoms with Crippen molar-refractivity contribution in [1.82, 2.24) is 18.3 Å². The van der Waals surface area contributed by atoms with E-state index in [9.17, 15) is 19.8 Å². The minimum Gasteiger partial charge on any atom is -0.494 e. The molecule has 0 atom stereocenters. The average Bonchev–Trinajstić information content (AvgIpc) is 2.80. The molecule has 0 saturated carbocycles. The van der Waals surface area contributed by atoms with Crippen LogP contribution >= 0.6 is 47.6 Å². The second kappa shape index (κ2) is 9.57. The average molecular weight is 545 g/mol. The van der Waals surface area contributed by atoms with Crippen molar-refractivity contribution in [2.24, 2.45) is 28.2 Å². The Labute approximate surface area is 214 Å². The number of halogens is 2. The first-order chi connectivity index (χ1) is 15.8. The topological polar surface area (TPSA) is 104 Å². The largest absolute Gasteiger partial charge is 0.494 e. The van der Waals surface area contributed by atoms with Crippen LogP contribution in [-0.2, 0) is 28.2 Å². The second-order valence-corrected chi connectivity index (χ2v) is 9.11. The summed E-state index contributed by atoms with van der Waals surface area (Å²) in [6.45, 7) is 2.07. The molecule has 0 spiro atoms. The van der Waals surface area contributed by atoms with Crippen LogP contribution in [0.1, 0.15) is 29.5 Å². The van der Waals surface area contributed by atoms with Gasteiger partial charge in [0.2, 0.25) is 11.8 Å². The zero-order valence-corrected chi connectivity index (χ0v) is 22.1. The van der Waals surface area contributed by atoms with Crippen molar-refractivity contribution < 1.29 is 14.9 Å². The molecule has 182 valence electrons. The summed E-state index contributed by atoms with van der Waals surface area (Å²) in [6.07, 6.45) is 0. The molecule has 0 aliphatic heterocycles. The van der Waals surface area contributed by atoms with Gasteiger partial charge in [0.1, 0.15) is 0 Å². The molecule has 2 N–H and O–H groups in total. The molecule has 3 aromatic rings. The summed E-state index contributed by atoms with van der Waals surface area (Å²) in [6, 6.07) is 2.92. The summed E-state index contributed by atoms with van der Waals surface area (Å²) >= 11 is 23.3. The minimum atomic E-state index is -1.29. The highest BCUT2D eigenvalue weighted by atomic mass is 35.5. The van der Waals surface area contributed by atoms with Crippen LogP contribution in [-0.4, -0.2) is 35.1 Å². The molecular formula is C21H22Cl2N4O5S2. The maximum atomic E-state index is 13.4. The number of ether oxygens (including phenoxy) is 1. The molecule has 34 heavy (non-hydrogen) atoms. The Morgan fingerprint density at radius 2 is 1.24 bits per heavy atom. The lowest BCUT2D eigenvalue weighted by Gasteiger charge is -2.24. The molecule has 0 aliphatic carbocycles. The fraction of sp³-hybridized carbons (Fsp3) is 0.333. The van der Waals surface area contributed by atoms with E-state index in [1.807, 2.05) is 0 Å². The van der Waals surface area contributed by atoms with Gasteiger partial charge in [0, 0.05) is 28.2 Å². The zero-order chi connectivity index (χ0) is 25.6. The molecule has 13 heteroatoms. The van der Waals surface area contributed by atoms with Crippen molar-refractivity contribution in [3.63, 3.8) is 0 Å². The Morgan fingerprint density at radius 1 is 0.853 bits per heavy atom. The Hall–Kier alpha value is -2.60. The Kier molecular flexibility index (Phi) is 7.32. The van der Waals surface area contributed by atoms with E-state index in [0.717, 1.165) is 9.13 Å². The van der Waals surface area contributed by atoms with Crippen LogP contribution in [0.25, 0.3) is 0 Å². The number of aromatic hydroxyl groups is 2. The van der Waals surface area contributed by atoms with Gasteiger partial charge in [0.25, 0.3) is 11.1 Å². The maximum absolute atomic E-state index is 13.4. The fourth-order valence-corrected chi connectivity index (χ4v) is 4.68. The van der Waals surface area contributed by atoms with Crippen LogP contribution < -0.4 is 15.9 Å². The quantitative estimate of drug-likeness (QED) is 0.473. The number of hydrogen-bond acceptors (Lipinski definition) is 7. The van der Waals surface area contributed by atoms with E-state index in [0.29, 0.717) is 6.61 Å². The van der Waals surface area contributed by atoms with Crippen molar-refractivity contribution in [3.8, 4) is 17.5 Å². The van der Waals surface area contributed by atoms with Gasteiger partial charge in [0.05, 0.1) is 33.7 Å². The Bertz CT molecular complexity index is 1450. The number of benzene rings is 1. The lowest BCUT2D eigenvalue weighted by molar-refractivity contribution is 0.340. The van der Waals surface area contributed by atoms with E-state index in [1.165, 1.54) is 49.5 Å². The molecule has 3 rings (SSSR count). The highest BCUT2D eigenvalue weighted by Gasteiger charge is 2.33. The van der Waals surface area contributed by atoms with E-state index < -0.39 is 28.8 Å². The van der Waals surface area contributed by atoms with Crippen molar-refractivity contribution in [3.05, 3.63) is 69.1 Å². The van der Waals surface area contributed by atoms with Crippen molar-refractivity contribution in [2.75, 3.05) is 6.61 Å². The van der Waals surface area contributed by atoms with Crippen LogP contribution in [0.5, 0.6) is 17.5 Å². The van der Waals surface area contributed by atoms with Gasteiger partial charge >= 0.3 is 0 Å². The predicted molar refractivity (Wildman–Crippen MR) is 135 cm³/mol. The third-order valence-electron chi connectivity index (χ3n) is 5.55.